The van der Waals surface area contributed by atoms with Gasteiger partial charge in [-0.25, -0.2) is 0 Å². The Morgan fingerprint density at radius 1 is 1.30 bits per heavy atom. The number of hydrogen-bond donors (Lipinski definition) is 0. The molecule has 0 saturated carbocycles. The summed E-state index contributed by atoms with van der Waals surface area (Å²) in [5, 5.41) is 4.48. The zero-order valence-corrected chi connectivity index (χ0v) is 15.3. The molecule has 0 spiro atoms. The molecule has 0 aromatic carbocycles. The fraction of sp³-hybridized carbons (Fsp3) is 0.765. The Morgan fingerprint density at radius 3 is 2.70 bits per heavy atom. The number of amides is 1. The molecule has 5 nitrogen and oxygen atoms in total. The van der Waals surface area contributed by atoms with Gasteiger partial charge in [0.2, 0.25) is 5.91 Å². The van der Waals surface area contributed by atoms with Crippen molar-refractivity contribution in [3.63, 3.8) is 0 Å². The number of aromatic nitrogens is 2. The number of carbonyl (C=O) groups excluding carboxylic acids is 1. The van der Waals surface area contributed by atoms with Crippen molar-refractivity contribution in [3.8, 4) is 0 Å². The summed E-state index contributed by atoms with van der Waals surface area (Å²) in [6, 6.07) is 0.0658. The second-order valence-electron chi connectivity index (χ2n) is 7.53. The molecule has 1 aromatic heterocycles. The smallest absolute Gasteiger partial charge is 0.239 e. The Hall–Kier alpha value is -1.01. The number of hydrogen-bond acceptors (Lipinski definition) is 4. The first-order valence-corrected chi connectivity index (χ1v) is 9.75. The van der Waals surface area contributed by atoms with Gasteiger partial charge in [0.25, 0.3) is 0 Å². The van der Waals surface area contributed by atoms with E-state index in [0.717, 1.165) is 50.5 Å². The molecule has 2 aliphatic heterocycles. The summed E-state index contributed by atoms with van der Waals surface area (Å²) in [7, 11) is 0. The lowest BCUT2D eigenvalue weighted by Crippen LogP contribution is -2.48. The van der Waals surface area contributed by atoms with Crippen LogP contribution in [0.2, 0.25) is 0 Å². The first-order chi connectivity index (χ1) is 10.9. The van der Waals surface area contributed by atoms with Gasteiger partial charge in [-0.1, -0.05) is 0 Å². The van der Waals surface area contributed by atoms with Crippen LogP contribution in [0.25, 0.3) is 0 Å². The van der Waals surface area contributed by atoms with E-state index in [1.165, 1.54) is 5.56 Å². The molecule has 1 aromatic rings. The molecule has 2 fully saturated rings. The highest BCUT2D eigenvalue weighted by molar-refractivity contribution is 7.99. The molecular weight excluding hydrogens is 308 g/mol. The van der Waals surface area contributed by atoms with Gasteiger partial charge in [0.15, 0.2) is 0 Å². The number of thioether (sulfide) groups is 1. The van der Waals surface area contributed by atoms with E-state index in [0.29, 0.717) is 5.91 Å². The van der Waals surface area contributed by atoms with Gasteiger partial charge in [-0.15, -0.1) is 0 Å². The Balaban J connectivity index is 1.64. The van der Waals surface area contributed by atoms with Crippen molar-refractivity contribution in [2.24, 2.45) is 0 Å². The molecule has 1 amide bonds. The lowest BCUT2D eigenvalue weighted by Gasteiger charge is -2.32. The van der Waals surface area contributed by atoms with Gasteiger partial charge < -0.3 is 4.90 Å². The van der Waals surface area contributed by atoms with Gasteiger partial charge in [-0.3, -0.25) is 14.4 Å². The summed E-state index contributed by atoms with van der Waals surface area (Å²) in [5.74, 6) is 2.50. The number of rotatable bonds is 3. The van der Waals surface area contributed by atoms with Gasteiger partial charge in [0, 0.05) is 42.9 Å². The third-order valence-corrected chi connectivity index (χ3v) is 5.62. The predicted molar refractivity (Wildman–Crippen MR) is 94.6 cm³/mol. The largest absolute Gasteiger partial charge is 0.340 e. The summed E-state index contributed by atoms with van der Waals surface area (Å²) in [6.45, 7) is 10.1. The van der Waals surface area contributed by atoms with E-state index in [1.807, 2.05) is 22.6 Å². The van der Waals surface area contributed by atoms with Crippen molar-refractivity contribution in [2.45, 2.75) is 51.7 Å². The maximum absolute atomic E-state index is 12.8. The molecule has 6 heteroatoms. The molecule has 3 rings (SSSR count). The van der Waals surface area contributed by atoms with Crippen molar-refractivity contribution < 1.29 is 4.79 Å². The summed E-state index contributed by atoms with van der Waals surface area (Å²) in [6.07, 6.45) is 6.18. The van der Waals surface area contributed by atoms with Crippen LogP contribution in [0, 0.1) is 0 Å². The van der Waals surface area contributed by atoms with E-state index in [2.05, 4.69) is 41.9 Å². The van der Waals surface area contributed by atoms with Crippen LogP contribution in [0.4, 0.5) is 0 Å². The zero-order chi connectivity index (χ0) is 16.4. The van der Waals surface area contributed by atoms with E-state index in [4.69, 9.17) is 0 Å². The first kappa shape index (κ1) is 16.8. The van der Waals surface area contributed by atoms with Crippen molar-refractivity contribution in [1.29, 1.82) is 0 Å². The molecule has 0 N–H and O–H groups in total. The van der Waals surface area contributed by atoms with Crippen LogP contribution in [-0.4, -0.2) is 62.7 Å². The molecule has 23 heavy (non-hydrogen) atoms. The minimum atomic E-state index is 0.00392. The van der Waals surface area contributed by atoms with E-state index in [1.54, 1.807) is 0 Å². The fourth-order valence-corrected chi connectivity index (χ4v) is 4.24. The zero-order valence-electron chi connectivity index (χ0n) is 14.5. The highest BCUT2D eigenvalue weighted by atomic mass is 32.2. The Labute approximate surface area is 143 Å². The highest BCUT2D eigenvalue weighted by Crippen LogP contribution is 2.24. The monoisotopic (exact) mass is 336 g/mol. The third-order valence-electron chi connectivity index (χ3n) is 4.68. The lowest BCUT2D eigenvalue weighted by atomic mass is 10.1. The molecule has 3 heterocycles. The van der Waals surface area contributed by atoms with Gasteiger partial charge in [-0.2, -0.15) is 16.9 Å². The highest BCUT2D eigenvalue weighted by Gasteiger charge is 2.34. The standard InChI is InChI=1S/C17H28N4OS/c1-17(2,3)21-13-14(11-18-21)12-20-6-4-5-15(20)16(22)19-7-9-23-10-8-19/h11,13,15H,4-10,12H2,1-3H3/t15-/m1/s1. The Morgan fingerprint density at radius 2 is 2.04 bits per heavy atom. The summed E-state index contributed by atoms with van der Waals surface area (Å²) < 4.78 is 2.01. The summed E-state index contributed by atoms with van der Waals surface area (Å²) in [4.78, 5) is 17.2. The van der Waals surface area contributed by atoms with Crippen LogP contribution in [-0.2, 0) is 16.9 Å². The maximum atomic E-state index is 12.8. The van der Waals surface area contributed by atoms with Crippen molar-refractivity contribution in [3.05, 3.63) is 18.0 Å². The number of likely N-dealkylation sites (tertiary alicyclic amines) is 1. The average Bonchev–Trinajstić information content (AvgIpc) is 3.17. The maximum Gasteiger partial charge on any atom is 0.239 e. The van der Waals surface area contributed by atoms with Gasteiger partial charge in [-0.05, 0) is 40.2 Å². The van der Waals surface area contributed by atoms with Gasteiger partial charge in [0.1, 0.15) is 0 Å². The lowest BCUT2D eigenvalue weighted by molar-refractivity contribution is -0.135. The van der Waals surface area contributed by atoms with E-state index >= 15 is 0 Å². The van der Waals surface area contributed by atoms with E-state index < -0.39 is 0 Å². The minimum Gasteiger partial charge on any atom is -0.340 e. The van der Waals surface area contributed by atoms with Crippen LogP contribution in [0.5, 0.6) is 0 Å². The second-order valence-corrected chi connectivity index (χ2v) is 8.75. The average molecular weight is 337 g/mol. The quantitative estimate of drug-likeness (QED) is 0.848. The predicted octanol–water partition coefficient (Wildman–Crippen LogP) is 2.18. The molecule has 0 bridgehead atoms. The number of nitrogens with zero attached hydrogens (tertiary/aromatic N) is 4. The van der Waals surface area contributed by atoms with Crippen LogP contribution in [0.1, 0.15) is 39.2 Å². The van der Waals surface area contributed by atoms with Gasteiger partial charge in [0.05, 0.1) is 17.8 Å². The van der Waals surface area contributed by atoms with Crippen molar-refractivity contribution in [1.82, 2.24) is 19.6 Å². The SMILES string of the molecule is CC(C)(C)n1cc(CN2CCC[C@@H]2C(=O)N2CCSCC2)cn1. The topological polar surface area (TPSA) is 41.4 Å². The molecule has 1 atom stereocenters. The number of carbonyl (C=O) groups is 1. The van der Waals surface area contributed by atoms with Crippen LogP contribution < -0.4 is 0 Å². The summed E-state index contributed by atoms with van der Waals surface area (Å²) in [5.41, 5.74) is 1.21. The Kier molecular flexibility index (Phi) is 5.01. The Bertz CT molecular complexity index is 545. The molecule has 0 aliphatic carbocycles. The molecule has 0 unspecified atom stereocenters. The van der Waals surface area contributed by atoms with E-state index in [-0.39, 0.29) is 11.6 Å². The van der Waals surface area contributed by atoms with Crippen molar-refractivity contribution in [2.75, 3.05) is 31.1 Å². The summed E-state index contributed by atoms with van der Waals surface area (Å²) >= 11 is 1.95. The van der Waals surface area contributed by atoms with Crippen LogP contribution >= 0.6 is 11.8 Å². The molecule has 0 radical (unpaired) electrons. The van der Waals surface area contributed by atoms with Crippen LogP contribution in [0.15, 0.2) is 12.4 Å². The fourth-order valence-electron chi connectivity index (χ4n) is 3.33. The molecule has 2 saturated heterocycles. The normalized spacial score (nSPS) is 23.4. The first-order valence-electron chi connectivity index (χ1n) is 8.60. The van der Waals surface area contributed by atoms with E-state index in [9.17, 15) is 4.79 Å². The molecular formula is C17H28N4OS. The molecule has 2 aliphatic rings. The third kappa shape index (κ3) is 3.91. The van der Waals surface area contributed by atoms with Gasteiger partial charge >= 0.3 is 0 Å². The molecule has 128 valence electrons. The van der Waals surface area contributed by atoms with Crippen molar-refractivity contribution >= 4 is 17.7 Å². The van der Waals surface area contributed by atoms with Crippen LogP contribution in [0.3, 0.4) is 0 Å². The second kappa shape index (κ2) is 6.85. The minimum absolute atomic E-state index is 0.00392.